The molecule has 208 valence electrons. The van der Waals surface area contributed by atoms with E-state index in [-0.39, 0.29) is 41.8 Å². The summed E-state index contributed by atoms with van der Waals surface area (Å²) in [4.78, 5) is 12.6. The van der Waals surface area contributed by atoms with Crippen LogP contribution in [-0.4, -0.2) is 22.7 Å². The number of rotatable bonds is 8. The Morgan fingerprint density at radius 2 is 1.38 bits per heavy atom. The number of sulfonamides is 2. The summed E-state index contributed by atoms with van der Waals surface area (Å²) in [6.07, 6.45) is 0. The Balaban J connectivity index is 1.52. The lowest BCUT2D eigenvalue weighted by molar-refractivity contribution is 0.102. The monoisotopic (exact) mass is 637 g/mol. The van der Waals surface area contributed by atoms with Gasteiger partial charge in [-0.2, -0.15) is 0 Å². The number of carbonyl (C=O) groups excluding carboxylic acids is 1. The van der Waals surface area contributed by atoms with E-state index in [0.717, 1.165) is 11.1 Å². The van der Waals surface area contributed by atoms with E-state index in [1.165, 1.54) is 54.6 Å². The summed E-state index contributed by atoms with van der Waals surface area (Å²) in [5.74, 6) is -0.626. The molecule has 4 rings (SSSR count). The zero-order valence-corrected chi connectivity index (χ0v) is 24.9. The van der Waals surface area contributed by atoms with Crippen LogP contribution in [0.3, 0.4) is 0 Å². The molecular weight excluding hydrogens is 617 g/mol. The molecule has 40 heavy (non-hydrogen) atoms. The van der Waals surface area contributed by atoms with Crippen molar-refractivity contribution >= 4 is 77.8 Å². The van der Waals surface area contributed by atoms with Crippen LogP contribution < -0.4 is 14.8 Å². The molecule has 0 heterocycles. The highest BCUT2D eigenvalue weighted by molar-refractivity contribution is 7.93. The van der Waals surface area contributed by atoms with Gasteiger partial charge in [0.05, 0.1) is 31.3 Å². The summed E-state index contributed by atoms with van der Waals surface area (Å²) in [5.41, 5.74) is 2.40. The third kappa shape index (κ3) is 6.71. The third-order valence-electron chi connectivity index (χ3n) is 5.74. The van der Waals surface area contributed by atoms with Crippen molar-refractivity contribution in [3.63, 3.8) is 0 Å². The van der Waals surface area contributed by atoms with Crippen LogP contribution in [0.25, 0.3) is 0 Å². The Kier molecular flexibility index (Phi) is 8.67. The van der Waals surface area contributed by atoms with Crippen molar-refractivity contribution in [2.45, 2.75) is 23.6 Å². The smallest absolute Gasteiger partial charge is 0.263 e. The van der Waals surface area contributed by atoms with Crippen molar-refractivity contribution in [2.24, 2.45) is 0 Å². The van der Waals surface area contributed by atoms with E-state index < -0.39 is 26.0 Å². The Bertz CT molecular complexity index is 1830. The van der Waals surface area contributed by atoms with Gasteiger partial charge in [0.1, 0.15) is 4.90 Å². The van der Waals surface area contributed by atoms with Gasteiger partial charge < -0.3 is 5.32 Å². The molecule has 0 radical (unpaired) electrons. The average molecular weight is 639 g/mol. The minimum atomic E-state index is -4.12. The molecule has 0 atom stereocenters. The first kappa shape index (κ1) is 29.7. The minimum Gasteiger partial charge on any atom is -0.322 e. The largest absolute Gasteiger partial charge is 0.322 e. The standard InChI is InChI=1S/C27H22Cl3N3O5S2/c1-16-6-7-17(2)24(14-16)33-40(37,38)25-15-18(8-13-21(25)28)27(34)31-19-9-11-20(12-10-19)39(35,36)32-23-5-3-4-22(29)26(23)30/h3-15,32-33H,1-2H3,(H,31,34). The van der Waals surface area contributed by atoms with Gasteiger partial charge in [-0.15, -0.1) is 0 Å². The summed E-state index contributed by atoms with van der Waals surface area (Å²) >= 11 is 18.2. The molecule has 0 aliphatic carbocycles. The molecule has 0 unspecified atom stereocenters. The van der Waals surface area contributed by atoms with E-state index in [1.54, 1.807) is 25.1 Å². The van der Waals surface area contributed by atoms with Crippen molar-refractivity contribution in [2.75, 3.05) is 14.8 Å². The Morgan fingerprint density at radius 1 is 0.700 bits per heavy atom. The van der Waals surface area contributed by atoms with E-state index in [9.17, 15) is 21.6 Å². The fourth-order valence-electron chi connectivity index (χ4n) is 3.60. The van der Waals surface area contributed by atoms with Crippen molar-refractivity contribution in [3.05, 3.63) is 111 Å². The van der Waals surface area contributed by atoms with Crippen LogP contribution in [0.4, 0.5) is 17.1 Å². The molecule has 3 N–H and O–H groups in total. The molecule has 0 spiro atoms. The van der Waals surface area contributed by atoms with Gasteiger partial charge in [0.25, 0.3) is 26.0 Å². The predicted octanol–water partition coefficient (Wildman–Crippen LogP) is 7.12. The number of nitrogens with one attached hydrogen (secondary N) is 3. The first-order valence-corrected chi connectivity index (χ1v) is 15.6. The van der Waals surface area contributed by atoms with Crippen molar-refractivity contribution in [1.82, 2.24) is 0 Å². The molecule has 4 aromatic carbocycles. The molecule has 0 bridgehead atoms. The maximum absolute atomic E-state index is 13.1. The molecule has 0 saturated carbocycles. The normalized spacial score (nSPS) is 11.6. The molecule has 4 aromatic rings. The van der Waals surface area contributed by atoms with Gasteiger partial charge in [-0.3, -0.25) is 14.2 Å². The van der Waals surface area contributed by atoms with Crippen LogP contribution in [0, 0.1) is 13.8 Å². The van der Waals surface area contributed by atoms with Crippen LogP contribution in [0.1, 0.15) is 21.5 Å². The van der Waals surface area contributed by atoms with Crippen molar-refractivity contribution < 1.29 is 21.6 Å². The van der Waals surface area contributed by atoms with E-state index in [4.69, 9.17) is 34.8 Å². The van der Waals surface area contributed by atoms with Crippen molar-refractivity contribution in [3.8, 4) is 0 Å². The van der Waals surface area contributed by atoms with Gasteiger partial charge in [-0.05, 0) is 85.6 Å². The third-order valence-corrected chi connectivity index (χ3v) is 9.79. The Hall–Kier alpha value is -3.28. The second kappa shape index (κ2) is 11.7. The van der Waals surface area contributed by atoms with Gasteiger partial charge in [0, 0.05) is 11.3 Å². The molecule has 0 aromatic heterocycles. The fraction of sp³-hybridized carbons (Fsp3) is 0.0741. The quantitative estimate of drug-likeness (QED) is 0.190. The van der Waals surface area contributed by atoms with Gasteiger partial charge in [0.2, 0.25) is 0 Å². The number of anilines is 3. The van der Waals surface area contributed by atoms with Gasteiger partial charge >= 0.3 is 0 Å². The maximum Gasteiger partial charge on any atom is 0.263 e. The van der Waals surface area contributed by atoms with Gasteiger partial charge in [-0.1, -0.05) is 53.0 Å². The zero-order valence-electron chi connectivity index (χ0n) is 21.0. The lowest BCUT2D eigenvalue weighted by Gasteiger charge is -2.14. The summed E-state index contributed by atoms with van der Waals surface area (Å²) in [7, 11) is -8.12. The van der Waals surface area contributed by atoms with Crippen LogP contribution in [0.15, 0.2) is 88.7 Å². The number of benzene rings is 4. The van der Waals surface area contributed by atoms with Crippen LogP contribution in [0.5, 0.6) is 0 Å². The molecule has 0 saturated heterocycles. The van der Waals surface area contributed by atoms with E-state index in [0.29, 0.717) is 5.69 Å². The minimum absolute atomic E-state index is 0.0275. The molecule has 0 aliphatic heterocycles. The summed E-state index contributed by atoms with van der Waals surface area (Å²) in [6, 6.07) is 19.1. The Morgan fingerprint density at radius 3 is 2.08 bits per heavy atom. The topological polar surface area (TPSA) is 121 Å². The second-order valence-electron chi connectivity index (χ2n) is 8.75. The molecule has 13 heteroatoms. The van der Waals surface area contributed by atoms with Gasteiger partial charge in [0.15, 0.2) is 0 Å². The lowest BCUT2D eigenvalue weighted by atomic mass is 10.1. The molecular formula is C27H22Cl3N3O5S2. The fourth-order valence-corrected chi connectivity index (χ4v) is 6.73. The highest BCUT2D eigenvalue weighted by Crippen LogP contribution is 2.31. The summed E-state index contributed by atoms with van der Waals surface area (Å²) in [6.45, 7) is 3.60. The van der Waals surface area contributed by atoms with E-state index in [2.05, 4.69) is 14.8 Å². The predicted molar refractivity (Wildman–Crippen MR) is 160 cm³/mol. The summed E-state index contributed by atoms with van der Waals surface area (Å²) < 4.78 is 56.7. The average Bonchev–Trinajstić information content (AvgIpc) is 2.89. The summed E-state index contributed by atoms with van der Waals surface area (Å²) in [5, 5.41) is 2.81. The number of amides is 1. The van der Waals surface area contributed by atoms with Crippen molar-refractivity contribution in [1.29, 1.82) is 0 Å². The molecule has 1 amide bonds. The molecule has 8 nitrogen and oxygen atoms in total. The molecule has 0 fully saturated rings. The highest BCUT2D eigenvalue weighted by Gasteiger charge is 2.22. The maximum atomic E-state index is 13.1. The molecule has 0 aliphatic rings. The number of carbonyl (C=O) groups is 1. The van der Waals surface area contributed by atoms with Crippen LogP contribution in [0.2, 0.25) is 15.1 Å². The zero-order chi connectivity index (χ0) is 29.2. The van der Waals surface area contributed by atoms with Gasteiger partial charge in [-0.25, -0.2) is 16.8 Å². The highest BCUT2D eigenvalue weighted by atomic mass is 35.5. The number of hydrogen-bond acceptors (Lipinski definition) is 5. The second-order valence-corrected chi connectivity index (χ2v) is 13.3. The van der Waals surface area contributed by atoms with E-state index in [1.807, 2.05) is 13.0 Å². The van der Waals surface area contributed by atoms with Crippen LogP contribution >= 0.6 is 34.8 Å². The first-order valence-electron chi connectivity index (χ1n) is 11.5. The van der Waals surface area contributed by atoms with E-state index >= 15 is 0 Å². The van der Waals surface area contributed by atoms with Crippen LogP contribution in [-0.2, 0) is 20.0 Å². The Labute approximate surface area is 247 Å². The SMILES string of the molecule is Cc1ccc(C)c(NS(=O)(=O)c2cc(C(=O)Nc3ccc(S(=O)(=O)Nc4cccc(Cl)c4Cl)cc3)ccc2Cl)c1. The number of halogens is 3. The number of aryl methyl sites for hydroxylation is 2. The number of hydrogen-bond donors (Lipinski definition) is 3. The lowest BCUT2D eigenvalue weighted by Crippen LogP contribution is -2.17. The first-order chi connectivity index (χ1) is 18.8.